The van der Waals surface area contributed by atoms with Crippen LogP contribution in [0, 0.1) is 0 Å². The monoisotopic (exact) mass is 357 g/mol. The van der Waals surface area contributed by atoms with Gasteiger partial charge in [-0.05, 0) is 48.9 Å². The van der Waals surface area contributed by atoms with Crippen molar-refractivity contribution >= 4 is 17.7 Å². The molecule has 0 radical (unpaired) electrons. The molecule has 136 valence electrons. The number of amides is 1. The van der Waals surface area contributed by atoms with Crippen LogP contribution < -0.4 is 9.64 Å². The maximum atomic E-state index is 13.2. The lowest BCUT2D eigenvalue weighted by Crippen LogP contribution is -2.32. The van der Waals surface area contributed by atoms with Gasteiger partial charge in [0.1, 0.15) is 5.75 Å². The number of ether oxygens (including phenoxy) is 1. The van der Waals surface area contributed by atoms with Crippen LogP contribution in [0.5, 0.6) is 5.75 Å². The van der Waals surface area contributed by atoms with E-state index in [0.717, 1.165) is 22.6 Å². The molecule has 0 heterocycles. The summed E-state index contributed by atoms with van der Waals surface area (Å²) in [7, 11) is 1.63. The summed E-state index contributed by atoms with van der Waals surface area (Å²) in [5.41, 5.74) is 3.73. The van der Waals surface area contributed by atoms with Crippen LogP contribution in [0.25, 0.3) is 6.08 Å². The molecular weight excluding hydrogens is 334 g/mol. The van der Waals surface area contributed by atoms with Crippen LogP contribution in [0.1, 0.15) is 22.8 Å². The Morgan fingerprint density at radius 2 is 1.48 bits per heavy atom. The molecule has 0 unspecified atom stereocenters. The van der Waals surface area contributed by atoms with E-state index in [9.17, 15) is 4.79 Å². The summed E-state index contributed by atoms with van der Waals surface area (Å²) in [5.74, 6) is 0.740. The van der Waals surface area contributed by atoms with Gasteiger partial charge in [-0.2, -0.15) is 0 Å². The average Bonchev–Trinajstić information content (AvgIpc) is 2.73. The molecule has 3 rings (SSSR count). The summed E-state index contributed by atoms with van der Waals surface area (Å²) in [6.07, 6.45) is 2.11. The van der Waals surface area contributed by atoms with E-state index < -0.39 is 0 Å². The highest BCUT2D eigenvalue weighted by Gasteiger charge is 2.18. The smallest absolute Gasteiger partial charge is 0.258 e. The summed E-state index contributed by atoms with van der Waals surface area (Å²) in [4.78, 5) is 15.0. The fourth-order valence-corrected chi connectivity index (χ4v) is 2.91. The van der Waals surface area contributed by atoms with E-state index in [-0.39, 0.29) is 5.91 Å². The second-order valence-corrected chi connectivity index (χ2v) is 6.36. The van der Waals surface area contributed by atoms with Gasteiger partial charge < -0.3 is 9.64 Å². The van der Waals surface area contributed by atoms with Gasteiger partial charge in [0.15, 0.2) is 0 Å². The fourth-order valence-electron chi connectivity index (χ4n) is 2.91. The summed E-state index contributed by atoms with van der Waals surface area (Å²) in [6.45, 7) is 2.55. The zero-order valence-corrected chi connectivity index (χ0v) is 15.6. The SMILES string of the molecule is COc1ccc(N(C/C(C)=C/c2ccccc2)C(=O)c2ccccc2)cc1. The zero-order chi connectivity index (χ0) is 19.1. The van der Waals surface area contributed by atoms with Crippen molar-refractivity contribution in [3.8, 4) is 5.75 Å². The quantitative estimate of drug-likeness (QED) is 0.587. The molecule has 0 bridgehead atoms. The molecule has 0 aliphatic rings. The van der Waals surface area contributed by atoms with Crippen LogP contribution in [0.3, 0.4) is 0 Å². The maximum absolute atomic E-state index is 13.2. The Morgan fingerprint density at radius 1 is 0.889 bits per heavy atom. The van der Waals surface area contributed by atoms with Gasteiger partial charge in [-0.15, -0.1) is 0 Å². The van der Waals surface area contributed by atoms with Crippen molar-refractivity contribution in [2.75, 3.05) is 18.6 Å². The minimum Gasteiger partial charge on any atom is -0.497 e. The topological polar surface area (TPSA) is 29.5 Å². The van der Waals surface area contributed by atoms with Gasteiger partial charge in [0.05, 0.1) is 7.11 Å². The maximum Gasteiger partial charge on any atom is 0.258 e. The standard InChI is InChI=1S/C24H23NO2/c1-19(17-20-9-5-3-6-10-20)18-25(22-13-15-23(27-2)16-14-22)24(26)21-11-7-4-8-12-21/h3-17H,18H2,1-2H3/b19-17+. The van der Waals surface area contributed by atoms with E-state index in [1.165, 1.54) is 0 Å². The van der Waals surface area contributed by atoms with Gasteiger partial charge in [-0.25, -0.2) is 0 Å². The third kappa shape index (κ3) is 4.85. The Balaban J connectivity index is 1.91. The molecule has 3 heteroatoms. The molecule has 1 amide bonds. The Kier molecular flexibility index (Phi) is 6.06. The molecule has 0 atom stereocenters. The summed E-state index contributed by atoms with van der Waals surface area (Å²) >= 11 is 0. The highest BCUT2D eigenvalue weighted by Crippen LogP contribution is 2.23. The van der Waals surface area contributed by atoms with Gasteiger partial charge in [-0.1, -0.05) is 60.2 Å². The first kappa shape index (κ1) is 18.5. The van der Waals surface area contributed by atoms with Gasteiger partial charge in [-0.3, -0.25) is 4.79 Å². The largest absolute Gasteiger partial charge is 0.497 e. The molecule has 3 aromatic rings. The lowest BCUT2D eigenvalue weighted by Gasteiger charge is -2.24. The number of nitrogens with zero attached hydrogens (tertiary/aromatic N) is 1. The molecule has 3 aromatic carbocycles. The number of carbonyl (C=O) groups excluding carboxylic acids is 1. The highest BCUT2D eigenvalue weighted by molar-refractivity contribution is 6.06. The first-order valence-electron chi connectivity index (χ1n) is 8.90. The molecule has 0 aliphatic carbocycles. The molecule has 0 fully saturated rings. The van der Waals surface area contributed by atoms with Crippen molar-refractivity contribution in [2.45, 2.75) is 6.92 Å². The lowest BCUT2D eigenvalue weighted by atomic mass is 10.1. The van der Waals surface area contributed by atoms with Crippen LogP contribution in [0.15, 0.2) is 90.5 Å². The van der Waals surface area contributed by atoms with Crippen LogP contribution in [0.2, 0.25) is 0 Å². The average molecular weight is 357 g/mol. The van der Waals surface area contributed by atoms with Gasteiger partial charge in [0, 0.05) is 17.8 Å². The summed E-state index contributed by atoms with van der Waals surface area (Å²) in [6, 6.07) is 27.1. The van der Waals surface area contributed by atoms with E-state index in [0.29, 0.717) is 12.1 Å². The second-order valence-electron chi connectivity index (χ2n) is 6.36. The number of methoxy groups -OCH3 is 1. The number of benzene rings is 3. The third-order valence-corrected chi connectivity index (χ3v) is 4.27. The zero-order valence-electron chi connectivity index (χ0n) is 15.6. The molecular formula is C24H23NO2. The number of rotatable bonds is 6. The first-order valence-corrected chi connectivity index (χ1v) is 8.90. The van der Waals surface area contributed by atoms with Crippen LogP contribution >= 0.6 is 0 Å². The summed E-state index contributed by atoms with van der Waals surface area (Å²) in [5, 5.41) is 0. The number of carbonyl (C=O) groups is 1. The molecule has 0 aromatic heterocycles. The fraction of sp³-hybridized carbons (Fsp3) is 0.125. The van der Waals surface area contributed by atoms with Crippen molar-refractivity contribution in [3.63, 3.8) is 0 Å². The van der Waals surface area contributed by atoms with E-state index in [4.69, 9.17) is 4.74 Å². The summed E-state index contributed by atoms with van der Waals surface area (Å²) < 4.78 is 5.24. The molecule has 0 spiro atoms. The van der Waals surface area contributed by atoms with E-state index in [2.05, 4.69) is 18.2 Å². The highest BCUT2D eigenvalue weighted by atomic mass is 16.5. The number of hydrogen-bond acceptors (Lipinski definition) is 2. The van der Waals surface area contributed by atoms with Crippen molar-refractivity contribution in [1.82, 2.24) is 0 Å². The molecule has 0 saturated carbocycles. The first-order chi connectivity index (χ1) is 13.2. The Morgan fingerprint density at radius 3 is 2.07 bits per heavy atom. The Bertz CT molecular complexity index is 900. The van der Waals surface area contributed by atoms with Gasteiger partial charge in [0.2, 0.25) is 0 Å². The normalized spacial score (nSPS) is 11.1. The van der Waals surface area contributed by atoms with Crippen molar-refractivity contribution < 1.29 is 9.53 Å². The Labute approximate surface area is 160 Å². The minimum absolute atomic E-state index is 0.0263. The van der Waals surface area contributed by atoms with Gasteiger partial charge in [0.25, 0.3) is 5.91 Å². The Hall–Kier alpha value is -3.33. The predicted octanol–water partition coefficient (Wildman–Crippen LogP) is 5.45. The predicted molar refractivity (Wildman–Crippen MR) is 111 cm³/mol. The second kappa shape index (κ2) is 8.86. The van der Waals surface area contributed by atoms with Crippen molar-refractivity contribution in [3.05, 3.63) is 102 Å². The minimum atomic E-state index is -0.0263. The van der Waals surface area contributed by atoms with Crippen molar-refractivity contribution in [1.29, 1.82) is 0 Å². The van der Waals surface area contributed by atoms with Crippen LogP contribution in [-0.4, -0.2) is 19.6 Å². The van der Waals surface area contributed by atoms with E-state index >= 15 is 0 Å². The van der Waals surface area contributed by atoms with Crippen molar-refractivity contribution in [2.24, 2.45) is 0 Å². The third-order valence-electron chi connectivity index (χ3n) is 4.27. The van der Waals surface area contributed by atoms with E-state index in [1.807, 2.05) is 79.7 Å². The lowest BCUT2D eigenvalue weighted by molar-refractivity contribution is 0.0989. The molecule has 27 heavy (non-hydrogen) atoms. The number of anilines is 1. The van der Waals surface area contributed by atoms with Gasteiger partial charge >= 0.3 is 0 Å². The van der Waals surface area contributed by atoms with Crippen LogP contribution in [0.4, 0.5) is 5.69 Å². The molecule has 0 aliphatic heterocycles. The molecule has 0 N–H and O–H groups in total. The van der Waals surface area contributed by atoms with E-state index in [1.54, 1.807) is 12.0 Å². The molecule has 0 saturated heterocycles. The molecule has 3 nitrogen and oxygen atoms in total. The number of hydrogen-bond donors (Lipinski definition) is 0. The van der Waals surface area contributed by atoms with Crippen LogP contribution in [-0.2, 0) is 0 Å².